The van der Waals surface area contributed by atoms with E-state index >= 15 is 0 Å². The summed E-state index contributed by atoms with van der Waals surface area (Å²) in [5, 5.41) is 3.10. The van der Waals surface area contributed by atoms with E-state index in [0.717, 1.165) is 6.42 Å². The summed E-state index contributed by atoms with van der Waals surface area (Å²) in [6, 6.07) is 10.4. The number of aromatic nitrogens is 3. The Bertz CT molecular complexity index is 497. The van der Waals surface area contributed by atoms with Gasteiger partial charge in [0.15, 0.2) is 0 Å². The number of ether oxygens (including phenoxy) is 1. The highest BCUT2D eigenvalue weighted by Crippen LogP contribution is 2.09. The second-order valence-electron chi connectivity index (χ2n) is 3.78. The van der Waals surface area contributed by atoms with E-state index in [1.165, 1.54) is 12.7 Å². The maximum atomic E-state index is 5.28. The SMILES string of the molecule is COc1nc(NN)nc(NCCc2ccccc2)n1. The molecule has 0 aliphatic carbocycles. The zero-order valence-electron chi connectivity index (χ0n) is 10.6. The van der Waals surface area contributed by atoms with Gasteiger partial charge in [0.25, 0.3) is 0 Å². The van der Waals surface area contributed by atoms with Crippen molar-refractivity contribution in [3.63, 3.8) is 0 Å². The molecule has 7 heteroatoms. The number of nitrogens with one attached hydrogen (secondary N) is 2. The van der Waals surface area contributed by atoms with Crippen LogP contribution in [-0.2, 0) is 6.42 Å². The van der Waals surface area contributed by atoms with E-state index in [9.17, 15) is 0 Å². The minimum Gasteiger partial charge on any atom is -0.467 e. The molecule has 2 aromatic rings. The Balaban J connectivity index is 1.95. The summed E-state index contributed by atoms with van der Waals surface area (Å²) in [6.45, 7) is 0.710. The molecule has 19 heavy (non-hydrogen) atoms. The first-order valence-corrected chi connectivity index (χ1v) is 5.86. The van der Waals surface area contributed by atoms with Crippen molar-refractivity contribution in [1.29, 1.82) is 0 Å². The molecular weight excluding hydrogens is 244 g/mol. The van der Waals surface area contributed by atoms with E-state index in [1.807, 2.05) is 18.2 Å². The molecule has 0 spiro atoms. The summed E-state index contributed by atoms with van der Waals surface area (Å²) in [7, 11) is 1.49. The second-order valence-corrected chi connectivity index (χ2v) is 3.78. The quantitative estimate of drug-likeness (QED) is 0.522. The molecule has 4 N–H and O–H groups in total. The molecule has 1 heterocycles. The molecule has 0 aliphatic rings. The molecule has 100 valence electrons. The minimum atomic E-state index is 0.213. The first-order valence-electron chi connectivity index (χ1n) is 5.86. The fourth-order valence-corrected chi connectivity index (χ4v) is 1.55. The normalized spacial score (nSPS) is 10.0. The van der Waals surface area contributed by atoms with Gasteiger partial charge in [0.2, 0.25) is 11.9 Å². The Morgan fingerprint density at radius 1 is 1.11 bits per heavy atom. The zero-order valence-corrected chi connectivity index (χ0v) is 10.6. The largest absolute Gasteiger partial charge is 0.467 e. The Kier molecular flexibility index (Phi) is 4.46. The number of hydrogen-bond donors (Lipinski definition) is 3. The predicted octanol–water partition coefficient (Wildman–Crippen LogP) is 0.820. The van der Waals surface area contributed by atoms with Crippen LogP contribution in [0.5, 0.6) is 6.01 Å². The molecule has 0 radical (unpaired) electrons. The van der Waals surface area contributed by atoms with E-state index in [1.54, 1.807) is 0 Å². The van der Waals surface area contributed by atoms with Gasteiger partial charge in [0.05, 0.1) is 7.11 Å². The third kappa shape index (κ3) is 3.78. The fourth-order valence-electron chi connectivity index (χ4n) is 1.55. The Labute approximate surface area is 111 Å². The molecule has 0 fully saturated rings. The highest BCUT2D eigenvalue weighted by atomic mass is 16.5. The summed E-state index contributed by atoms with van der Waals surface area (Å²) in [4.78, 5) is 12.1. The Morgan fingerprint density at radius 3 is 2.53 bits per heavy atom. The van der Waals surface area contributed by atoms with E-state index in [4.69, 9.17) is 10.6 Å². The monoisotopic (exact) mass is 260 g/mol. The van der Waals surface area contributed by atoms with Gasteiger partial charge < -0.3 is 10.1 Å². The van der Waals surface area contributed by atoms with Crippen LogP contribution < -0.4 is 21.3 Å². The summed E-state index contributed by atoms with van der Waals surface area (Å²) in [5.41, 5.74) is 3.61. The minimum absolute atomic E-state index is 0.213. The Morgan fingerprint density at radius 2 is 1.84 bits per heavy atom. The molecule has 0 amide bonds. The van der Waals surface area contributed by atoms with Gasteiger partial charge in [-0.15, -0.1) is 0 Å². The van der Waals surface area contributed by atoms with Gasteiger partial charge >= 0.3 is 6.01 Å². The van der Waals surface area contributed by atoms with E-state index in [0.29, 0.717) is 12.5 Å². The standard InChI is InChI=1S/C12H16N6O/c1-19-12-16-10(15-11(17-12)18-13)14-8-7-9-5-3-2-4-6-9/h2-6H,7-8,13H2,1H3,(H2,14,15,16,17,18). The van der Waals surface area contributed by atoms with Crippen LogP contribution >= 0.6 is 0 Å². The molecule has 0 saturated carbocycles. The summed E-state index contributed by atoms with van der Waals surface area (Å²) in [6.07, 6.45) is 0.875. The van der Waals surface area contributed by atoms with Crippen LogP contribution in [0.2, 0.25) is 0 Å². The first kappa shape index (κ1) is 13.0. The number of nitrogens with zero attached hydrogens (tertiary/aromatic N) is 3. The van der Waals surface area contributed by atoms with Crippen molar-refractivity contribution >= 4 is 11.9 Å². The highest BCUT2D eigenvalue weighted by Gasteiger charge is 2.05. The molecule has 0 aliphatic heterocycles. The maximum absolute atomic E-state index is 5.28. The second kappa shape index (κ2) is 6.50. The number of nitrogen functional groups attached to an aromatic ring is 1. The number of hydrazine groups is 1. The lowest BCUT2D eigenvalue weighted by molar-refractivity contribution is 0.379. The van der Waals surface area contributed by atoms with Gasteiger partial charge in [0.1, 0.15) is 0 Å². The fraction of sp³-hybridized carbons (Fsp3) is 0.250. The van der Waals surface area contributed by atoms with E-state index < -0.39 is 0 Å². The highest BCUT2D eigenvalue weighted by molar-refractivity contribution is 5.35. The smallest absolute Gasteiger partial charge is 0.322 e. The molecular formula is C12H16N6O. The Hall–Kier alpha value is -2.41. The van der Waals surface area contributed by atoms with Crippen molar-refractivity contribution in [3.8, 4) is 6.01 Å². The van der Waals surface area contributed by atoms with Crippen LogP contribution in [0.1, 0.15) is 5.56 Å². The molecule has 2 rings (SSSR count). The molecule has 0 unspecified atom stereocenters. The van der Waals surface area contributed by atoms with E-state index in [-0.39, 0.29) is 12.0 Å². The van der Waals surface area contributed by atoms with Gasteiger partial charge in [-0.2, -0.15) is 15.0 Å². The van der Waals surface area contributed by atoms with Crippen LogP contribution in [0.3, 0.4) is 0 Å². The van der Waals surface area contributed by atoms with Gasteiger partial charge in [-0.05, 0) is 12.0 Å². The lowest BCUT2D eigenvalue weighted by atomic mass is 10.1. The van der Waals surface area contributed by atoms with Crippen LogP contribution in [0.25, 0.3) is 0 Å². The summed E-state index contributed by atoms with van der Waals surface area (Å²) >= 11 is 0. The number of methoxy groups -OCH3 is 1. The molecule has 7 nitrogen and oxygen atoms in total. The van der Waals surface area contributed by atoms with E-state index in [2.05, 4.69) is 37.8 Å². The topological polar surface area (TPSA) is 98.0 Å². The van der Waals surface area contributed by atoms with Crippen molar-refractivity contribution < 1.29 is 4.74 Å². The molecule has 0 bridgehead atoms. The number of rotatable bonds is 6. The van der Waals surface area contributed by atoms with Gasteiger partial charge in [-0.25, -0.2) is 5.84 Å². The average Bonchev–Trinajstić information content (AvgIpc) is 2.48. The van der Waals surface area contributed by atoms with Gasteiger partial charge in [-0.1, -0.05) is 30.3 Å². The first-order chi connectivity index (χ1) is 9.31. The van der Waals surface area contributed by atoms with Crippen LogP contribution in [-0.4, -0.2) is 28.6 Å². The number of hydrogen-bond acceptors (Lipinski definition) is 7. The maximum Gasteiger partial charge on any atom is 0.322 e. The summed E-state index contributed by atoms with van der Waals surface area (Å²) < 4.78 is 4.96. The van der Waals surface area contributed by atoms with Gasteiger partial charge in [-0.3, -0.25) is 5.43 Å². The number of benzene rings is 1. The average molecular weight is 260 g/mol. The summed E-state index contributed by atoms with van der Waals surface area (Å²) in [5.74, 6) is 5.96. The number of anilines is 2. The third-order valence-electron chi connectivity index (χ3n) is 2.47. The van der Waals surface area contributed by atoms with Crippen molar-refractivity contribution in [2.45, 2.75) is 6.42 Å². The van der Waals surface area contributed by atoms with Crippen molar-refractivity contribution in [3.05, 3.63) is 35.9 Å². The zero-order chi connectivity index (χ0) is 13.5. The van der Waals surface area contributed by atoms with Crippen molar-refractivity contribution in [2.75, 3.05) is 24.4 Å². The van der Waals surface area contributed by atoms with Gasteiger partial charge in [0, 0.05) is 6.54 Å². The van der Waals surface area contributed by atoms with Crippen molar-refractivity contribution in [2.24, 2.45) is 5.84 Å². The van der Waals surface area contributed by atoms with Crippen LogP contribution in [0.15, 0.2) is 30.3 Å². The lowest BCUT2D eigenvalue weighted by Crippen LogP contribution is -2.15. The molecule has 0 saturated heterocycles. The van der Waals surface area contributed by atoms with Crippen LogP contribution in [0, 0.1) is 0 Å². The van der Waals surface area contributed by atoms with Crippen molar-refractivity contribution in [1.82, 2.24) is 15.0 Å². The number of nitrogens with two attached hydrogens (primary N) is 1. The lowest BCUT2D eigenvalue weighted by Gasteiger charge is -2.07. The predicted molar refractivity (Wildman–Crippen MR) is 72.8 cm³/mol. The molecule has 1 aromatic heterocycles. The molecule has 1 aromatic carbocycles. The molecule has 0 atom stereocenters. The third-order valence-corrected chi connectivity index (χ3v) is 2.47. The van der Waals surface area contributed by atoms with Crippen LogP contribution in [0.4, 0.5) is 11.9 Å².